The topological polar surface area (TPSA) is 66.5 Å². The summed E-state index contributed by atoms with van der Waals surface area (Å²) in [6, 6.07) is 19.5. The lowest BCUT2D eigenvalue weighted by molar-refractivity contribution is -0.116. The number of carbonyl (C=O) groups is 1. The maximum Gasteiger partial charge on any atom is 0.243 e. The third kappa shape index (κ3) is 6.22. The van der Waals surface area contributed by atoms with E-state index < -0.39 is 10.0 Å². The van der Waals surface area contributed by atoms with Gasteiger partial charge in [0.2, 0.25) is 15.9 Å². The predicted octanol–water partition coefficient (Wildman–Crippen LogP) is 5.60. The van der Waals surface area contributed by atoms with Crippen molar-refractivity contribution in [3.05, 3.63) is 94.0 Å². The molecule has 1 N–H and O–H groups in total. The first-order chi connectivity index (χ1) is 15.7. The molecule has 0 unspecified atom stereocenters. The molecule has 0 fully saturated rings. The van der Waals surface area contributed by atoms with Crippen molar-refractivity contribution < 1.29 is 13.2 Å². The van der Waals surface area contributed by atoms with E-state index in [-0.39, 0.29) is 23.9 Å². The number of halogens is 1. The Morgan fingerprint density at radius 2 is 1.48 bits per heavy atom. The van der Waals surface area contributed by atoms with Crippen LogP contribution in [0.5, 0.6) is 0 Å². The van der Waals surface area contributed by atoms with Crippen LogP contribution >= 0.6 is 11.6 Å². The summed E-state index contributed by atoms with van der Waals surface area (Å²) < 4.78 is 28.1. The molecule has 0 spiro atoms. The molecule has 0 heterocycles. The Morgan fingerprint density at radius 3 is 2.03 bits per heavy atom. The van der Waals surface area contributed by atoms with E-state index in [2.05, 4.69) is 5.32 Å². The number of hydrogen-bond donors (Lipinski definition) is 1. The minimum absolute atomic E-state index is 0.0524. The fourth-order valence-corrected chi connectivity index (χ4v) is 5.13. The van der Waals surface area contributed by atoms with Gasteiger partial charge in [-0.15, -0.1) is 0 Å². The Labute approximate surface area is 201 Å². The van der Waals surface area contributed by atoms with Gasteiger partial charge in [-0.3, -0.25) is 4.79 Å². The van der Waals surface area contributed by atoms with Crippen molar-refractivity contribution in [3.63, 3.8) is 0 Å². The number of rotatable bonds is 9. The van der Waals surface area contributed by atoms with Crippen molar-refractivity contribution in [1.29, 1.82) is 0 Å². The van der Waals surface area contributed by atoms with E-state index in [0.29, 0.717) is 5.02 Å². The summed E-state index contributed by atoms with van der Waals surface area (Å²) in [4.78, 5) is 13.2. The molecule has 0 bridgehead atoms. The van der Waals surface area contributed by atoms with Crippen molar-refractivity contribution in [2.45, 2.75) is 45.1 Å². The van der Waals surface area contributed by atoms with Crippen molar-refractivity contribution in [3.8, 4) is 0 Å². The molecule has 3 rings (SSSR count). The van der Waals surface area contributed by atoms with Crippen LogP contribution in [0.2, 0.25) is 5.02 Å². The van der Waals surface area contributed by atoms with Crippen LogP contribution in [0.4, 0.5) is 5.69 Å². The van der Waals surface area contributed by atoms with Crippen molar-refractivity contribution in [2.24, 2.45) is 0 Å². The van der Waals surface area contributed by atoms with Crippen molar-refractivity contribution in [2.75, 3.05) is 11.9 Å². The maximum absolute atomic E-state index is 13.5. The average Bonchev–Trinajstić information content (AvgIpc) is 2.80. The lowest BCUT2D eigenvalue weighted by atomic mass is 10.0. The minimum Gasteiger partial charge on any atom is -0.324 e. The van der Waals surface area contributed by atoms with Crippen LogP contribution in [-0.2, 0) is 34.2 Å². The summed E-state index contributed by atoms with van der Waals surface area (Å²) in [5.41, 5.74) is 4.51. The number of aryl methyl sites for hydroxylation is 3. The number of nitrogens with one attached hydrogen (secondary N) is 1. The van der Waals surface area contributed by atoms with Gasteiger partial charge in [0.15, 0.2) is 0 Å². The molecule has 33 heavy (non-hydrogen) atoms. The number of hydrogen-bond acceptors (Lipinski definition) is 3. The second kappa shape index (κ2) is 11.0. The number of carbonyl (C=O) groups excluding carboxylic acids is 1. The SMILES string of the molecule is CCc1cccc(CC)c1NC(=O)CN(Cc1ccc(Cl)cc1)S(=O)(=O)c1ccc(C)cc1. The van der Waals surface area contributed by atoms with E-state index in [1.54, 1.807) is 48.5 Å². The summed E-state index contributed by atoms with van der Waals surface area (Å²) in [6.45, 7) is 5.70. The normalized spacial score (nSPS) is 11.5. The first kappa shape index (κ1) is 25.0. The first-order valence-electron chi connectivity index (χ1n) is 11.0. The highest BCUT2D eigenvalue weighted by Crippen LogP contribution is 2.24. The third-order valence-electron chi connectivity index (χ3n) is 5.51. The molecule has 3 aromatic carbocycles. The number of anilines is 1. The van der Waals surface area contributed by atoms with Crippen molar-refractivity contribution in [1.82, 2.24) is 4.31 Å². The third-order valence-corrected chi connectivity index (χ3v) is 7.57. The average molecular weight is 485 g/mol. The standard InChI is InChI=1S/C26H29ClN2O3S/c1-4-21-7-6-8-22(5-2)26(21)28-25(30)18-29(17-20-11-13-23(27)14-12-20)33(31,32)24-15-9-19(3)10-16-24/h6-16H,4-5,17-18H2,1-3H3,(H,28,30). The fraction of sp³-hybridized carbons (Fsp3) is 0.269. The second-order valence-corrected chi connectivity index (χ2v) is 10.3. The number of para-hydroxylation sites is 1. The van der Waals surface area contributed by atoms with Gasteiger partial charge in [-0.05, 0) is 60.7 Å². The molecule has 0 aromatic heterocycles. The van der Waals surface area contributed by atoms with Crippen LogP contribution in [0, 0.1) is 6.92 Å². The molecule has 0 aliphatic rings. The summed E-state index contributed by atoms with van der Waals surface area (Å²) in [6.07, 6.45) is 1.53. The number of benzene rings is 3. The van der Waals surface area contributed by atoms with Gasteiger partial charge in [-0.25, -0.2) is 8.42 Å². The highest BCUT2D eigenvalue weighted by Gasteiger charge is 2.27. The molecular weight excluding hydrogens is 456 g/mol. The second-order valence-electron chi connectivity index (χ2n) is 7.92. The van der Waals surface area contributed by atoms with Crippen LogP contribution in [-0.4, -0.2) is 25.2 Å². The molecule has 1 amide bonds. The van der Waals surface area contributed by atoms with E-state index in [1.807, 2.05) is 39.0 Å². The van der Waals surface area contributed by atoms with E-state index in [0.717, 1.165) is 40.8 Å². The maximum atomic E-state index is 13.5. The van der Waals surface area contributed by atoms with E-state index in [4.69, 9.17) is 11.6 Å². The zero-order valence-corrected chi connectivity index (χ0v) is 20.7. The zero-order valence-electron chi connectivity index (χ0n) is 19.1. The van der Waals surface area contributed by atoms with Crippen molar-refractivity contribution >= 4 is 33.2 Å². The van der Waals surface area contributed by atoms with Gasteiger partial charge >= 0.3 is 0 Å². The minimum atomic E-state index is -3.91. The molecule has 0 aliphatic heterocycles. The van der Waals surface area contributed by atoms with E-state index >= 15 is 0 Å². The largest absolute Gasteiger partial charge is 0.324 e. The van der Waals surface area contributed by atoms with Gasteiger partial charge in [0, 0.05) is 17.3 Å². The van der Waals surface area contributed by atoms with Gasteiger partial charge in [0.25, 0.3) is 0 Å². The van der Waals surface area contributed by atoms with Gasteiger partial charge in [0.05, 0.1) is 11.4 Å². The summed E-state index contributed by atoms with van der Waals surface area (Å²) in [7, 11) is -3.91. The van der Waals surface area contributed by atoms with Gasteiger partial charge < -0.3 is 5.32 Å². The summed E-state index contributed by atoms with van der Waals surface area (Å²) >= 11 is 5.98. The van der Waals surface area contributed by atoms with Crippen LogP contribution < -0.4 is 5.32 Å². The molecule has 174 valence electrons. The Morgan fingerprint density at radius 1 is 0.909 bits per heavy atom. The quantitative estimate of drug-likeness (QED) is 0.429. The Kier molecular flexibility index (Phi) is 8.30. The molecule has 0 atom stereocenters. The molecule has 3 aromatic rings. The van der Waals surface area contributed by atoms with Crippen LogP contribution in [0.1, 0.15) is 36.1 Å². The fourth-order valence-electron chi connectivity index (χ4n) is 3.62. The number of nitrogens with zero attached hydrogens (tertiary/aromatic N) is 1. The molecule has 0 radical (unpaired) electrons. The smallest absolute Gasteiger partial charge is 0.243 e. The summed E-state index contributed by atoms with van der Waals surface area (Å²) in [5, 5.41) is 3.54. The molecule has 0 aliphatic carbocycles. The molecule has 0 saturated carbocycles. The monoisotopic (exact) mass is 484 g/mol. The molecule has 5 nitrogen and oxygen atoms in total. The first-order valence-corrected chi connectivity index (χ1v) is 12.8. The van der Waals surface area contributed by atoms with E-state index in [9.17, 15) is 13.2 Å². The Hall–Kier alpha value is -2.67. The zero-order chi connectivity index (χ0) is 24.0. The molecular formula is C26H29ClN2O3S. The van der Waals surface area contributed by atoms with Gasteiger partial charge in [-0.2, -0.15) is 4.31 Å². The van der Waals surface area contributed by atoms with Gasteiger partial charge in [-0.1, -0.05) is 73.5 Å². The number of amides is 1. The lowest BCUT2D eigenvalue weighted by Gasteiger charge is -2.23. The molecule has 0 saturated heterocycles. The number of sulfonamides is 1. The van der Waals surface area contributed by atoms with Gasteiger partial charge in [0.1, 0.15) is 0 Å². The van der Waals surface area contributed by atoms with E-state index in [1.165, 1.54) is 4.31 Å². The predicted molar refractivity (Wildman–Crippen MR) is 134 cm³/mol. The Balaban J connectivity index is 1.92. The highest BCUT2D eigenvalue weighted by atomic mass is 35.5. The highest BCUT2D eigenvalue weighted by molar-refractivity contribution is 7.89. The lowest BCUT2D eigenvalue weighted by Crippen LogP contribution is -2.37. The van der Waals surface area contributed by atoms with Crippen LogP contribution in [0.3, 0.4) is 0 Å². The van der Waals surface area contributed by atoms with Crippen LogP contribution in [0.25, 0.3) is 0 Å². The molecule has 7 heteroatoms. The summed E-state index contributed by atoms with van der Waals surface area (Å²) in [5.74, 6) is -0.379. The van der Waals surface area contributed by atoms with Crippen LogP contribution in [0.15, 0.2) is 71.6 Å². The Bertz CT molecular complexity index is 1190.